The third-order valence-corrected chi connectivity index (χ3v) is 5.91. The summed E-state index contributed by atoms with van der Waals surface area (Å²) in [5.41, 5.74) is 0.657. The fraction of sp³-hybridized carbons (Fsp3) is 0.316. The lowest BCUT2D eigenvalue weighted by Crippen LogP contribution is -2.46. The van der Waals surface area contributed by atoms with Crippen LogP contribution in [0.1, 0.15) is 15.9 Å². The fourth-order valence-corrected chi connectivity index (χ4v) is 4.21. The zero-order valence-corrected chi connectivity index (χ0v) is 15.3. The van der Waals surface area contributed by atoms with Crippen molar-refractivity contribution in [3.05, 3.63) is 65.7 Å². The molecule has 0 saturated carbocycles. The fourth-order valence-electron chi connectivity index (χ4n) is 2.98. The molecule has 26 heavy (non-hydrogen) atoms. The summed E-state index contributed by atoms with van der Waals surface area (Å²) in [5.74, 6) is -0.298. The van der Waals surface area contributed by atoms with Gasteiger partial charge < -0.3 is 5.32 Å². The topological polar surface area (TPSA) is 78.5 Å². The SMILES string of the molecule is O=C(c1ccccc1)c1ccccc1S(=O)(=O)NCCN1CCNCC1. The summed E-state index contributed by atoms with van der Waals surface area (Å²) in [4.78, 5) is 15.0. The van der Waals surface area contributed by atoms with E-state index in [1.54, 1.807) is 42.5 Å². The lowest BCUT2D eigenvalue weighted by molar-refractivity contribution is 0.103. The maximum atomic E-state index is 12.7. The summed E-state index contributed by atoms with van der Waals surface area (Å²) >= 11 is 0. The molecule has 0 unspecified atom stereocenters. The highest BCUT2D eigenvalue weighted by Crippen LogP contribution is 2.19. The molecule has 2 aromatic rings. The Morgan fingerprint density at radius 1 is 1.00 bits per heavy atom. The normalized spacial score (nSPS) is 15.7. The Labute approximate surface area is 154 Å². The molecule has 1 heterocycles. The largest absolute Gasteiger partial charge is 0.314 e. The van der Waals surface area contributed by atoms with Gasteiger partial charge in [-0.3, -0.25) is 9.69 Å². The van der Waals surface area contributed by atoms with Crippen molar-refractivity contribution < 1.29 is 13.2 Å². The van der Waals surface area contributed by atoms with Crippen LogP contribution in [-0.2, 0) is 10.0 Å². The van der Waals surface area contributed by atoms with E-state index in [1.807, 2.05) is 6.07 Å². The van der Waals surface area contributed by atoms with Gasteiger partial charge in [0.25, 0.3) is 0 Å². The van der Waals surface area contributed by atoms with Gasteiger partial charge in [0.1, 0.15) is 0 Å². The van der Waals surface area contributed by atoms with Crippen molar-refractivity contribution in [2.24, 2.45) is 0 Å². The quantitative estimate of drug-likeness (QED) is 0.711. The Kier molecular flexibility index (Phi) is 6.16. The highest BCUT2D eigenvalue weighted by Gasteiger charge is 2.22. The number of rotatable bonds is 7. The first kappa shape index (κ1) is 18.7. The van der Waals surface area contributed by atoms with Crippen molar-refractivity contribution >= 4 is 15.8 Å². The molecule has 0 bridgehead atoms. The molecule has 3 rings (SSSR count). The number of hydrogen-bond donors (Lipinski definition) is 2. The minimum Gasteiger partial charge on any atom is -0.314 e. The smallest absolute Gasteiger partial charge is 0.241 e. The van der Waals surface area contributed by atoms with Crippen LogP contribution in [0.4, 0.5) is 0 Å². The predicted octanol–water partition coefficient (Wildman–Crippen LogP) is 1.10. The zero-order valence-electron chi connectivity index (χ0n) is 14.5. The Hall–Kier alpha value is -2.06. The molecule has 2 N–H and O–H groups in total. The van der Waals surface area contributed by atoms with Crippen LogP contribution in [-0.4, -0.2) is 58.4 Å². The van der Waals surface area contributed by atoms with Gasteiger partial charge in [0.15, 0.2) is 5.78 Å². The molecule has 0 spiro atoms. The minimum atomic E-state index is -3.76. The molecule has 0 aromatic heterocycles. The van der Waals surface area contributed by atoms with Gasteiger partial charge in [0, 0.05) is 50.4 Å². The Bertz CT molecular complexity index is 847. The van der Waals surface area contributed by atoms with E-state index in [-0.39, 0.29) is 16.2 Å². The van der Waals surface area contributed by atoms with Gasteiger partial charge in [-0.1, -0.05) is 42.5 Å². The second-order valence-corrected chi connectivity index (χ2v) is 7.92. The molecule has 0 atom stereocenters. The number of ketones is 1. The summed E-state index contributed by atoms with van der Waals surface area (Å²) in [7, 11) is -3.76. The maximum Gasteiger partial charge on any atom is 0.241 e. The number of carbonyl (C=O) groups is 1. The van der Waals surface area contributed by atoms with E-state index in [9.17, 15) is 13.2 Å². The minimum absolute atomic E-state index is 0.0224. The summed E-state index contributed by atoms with van der Waals surface area (Å²) in [6.07, 6.45) is 0. The van der Waals surface area contributed by atoms with Gasteiger partial charge in [-0.05, 0) is 12.1 Å². The van der Waals surface area contributed by atoms with Crippen molar-refractivity contribution in [3.8, 4) is 0 Å². The molecule has 6 nitrogen and oxygen atoms in total. The molecule has 1 fully saturated rings. The van der Waals surface area contributed by atoms with Gasteiger partial charge in [0.05, 0.1) is 4.90 Å². The van der Waals surface area contributed by atoms with Crippen LogP contribution in [0.3, 0.4) is 0 Å². The van der Waals surface area contributed by atoms with E-state index in [0.717, 1.165) is 26.2 Å². The number of nitrogens with one attached hydrogen (secondary N) is 2. The van der Waals surface area contributed by atoms with Crippen molar-refractivity contribution in [2.75, 3.05) is 39.3 Å². The molecular weight excluding hydrogens is 350 g/mol. The number of sulfonamides is 1. The number of benzene rings is 2. The van der Waals surface area contributed by atoms with Gasteiger partial charge >= 0.3 is 0 Å². The number of piperazine rings is 1. The predicted molar refractivity (Wildman–Crippen MR) is 101 cm³/mol. The molecule has 138 valence electrons. The Morgan fingerprint density at radius 3 is 2.38 bits per heavy atom. The van der Waals surface area contributed by atoms with Gasteiger partial charge in [-0.15, -0.1) is 0 Å². The number of nitrogens with zero attached hydrogens (tertiary/aromatic N) is 1. The van der Waals surface area contributed by atoms with Crippen LogP contribution >= 0.6 is 0 Å². The van der Waals surface area contributed by atoms with E-state index in [1.165, 1.54) is 6.07 Å². The summed E-state index contributed by atoms with van der Waals surface area (Å²) < 4.78 is 28.1. The molecule has 1 aliphatic heterocycles. The van der Waals surface area contributed by atoms with Crippen molar-refractivity contribution in [3.63, 3.8) is 0 Å². The highest BCUT2D eigenvalue weighted by molar-refractivity contribution is 7.89. The first-order valence-electron chi connectivity index (χ1n) is 8.69. The Morgan fingerprint density at radius 2 is 1.65 bits per heavy atom. The number of hydrogen-bond acceptors (Lipinski definition) is 5. The summed E-state index contributed by atoms with van der Waals surface area (Å²) in [6, 6.07) is 15.0. The van der Waals surface area contributed by atoms with E-state index in [2.05, 4.69) is 14.9 Å². The number of carbonyl (C=O) groups excluding carboxylic acids is 1. The standard InChI is InChI=1S/C19H23N3O3S/c23-19(16-6-2-1-3-7-16)17-8-4-5-9-18(17)26(24,25)21-12-15-22-13-10-20-11-14-22/h1-9,20-21H,10-15H2. The van der Waals surface area contributed by atoms with E-state index >= 15 is 0 Å². The third-order valence-electron chi connectivity index (χ3n) is 4.39. The summed E-state index contributed by atoms with van der Waals surface area (Å²) in [5, 5.41) is 3.26. The third kappa shape index (κ3) is 4.56. The van der Waals surface area contributed by atoms with E-state index < -0.39 is 10.0 Å². The maximum absolute atomic E-state index is 12.7. The van der Waals surface area contributed by atoms with E-state index in [0.29, 0.717) is 18.7 Å². The molecule has 1 aliphatic rings. The van der Waals surface area contributed by atoms with Crippen LogP contribution in [0.2, 0.25) is 0 Å². The van der Waals surface area contributed by atoms with Crippen LogP contribution in [0.25, 0.3) is 0 Å². The van der Waals surface area contributed by atoms with E-state index in [4.69, 9.17) is 0 Å². The first-order chi connectivity index (χ1) is 12.6. The zero-order chi connectivity index (χ0) is 18.4. The van der Waals surface area contributed by atoms with Crippen LogP contribution in [0.5, 0.6) is 0 Å². The molecule has 0 radical (unpaired) electrons. The van der Waals surface area contributed by atoms with Crippen molar-refractivity contribution in [1.82, 2.24) is 14.9 Å². The Balaban J connectivity index is 1.74. The second kappa shape index (κ2) is 8.55. The summed E-state index contributed by atoms with van der Waals surface area (Å²) in [6.45, 7) is 4.61. The van der Waals surface area contributed by atoms with Gasteiger partial charge in [-0.2, -0.15) is 0 Å². The molecular formula is C19H23N3O3S. The van der Waals surface area contributed by atoms with Crippen LogP contribution in [0.15, 0.2) is 59.5 Å². The lowest BCUT2D eigenvalue weighted by Gasteiger charge is -2.27. The average molecular weight is 373 g/mol. The second-order valence-electron chi connectivity index (χ2n) is 6.18. The monoisotopic (exact) mass is 373 g/mol. The molecule has 1 saturated heterocycles. The molecule has 0 aliphatic carbocycles. The van der Waals surface area contributed by atoms with Crippen molar-refractivity contribution in [2.45, 2.75) is 4.90 Å². The van der Waals surface area contributed by atoms with Gasteiger partial charge in [0.2, 0.25) is 10.0 Å². The molecule has 7 heteroatoms. The van der Waals surface area contributed by atoms with Gasteiger partial charge in [-0.25, -0.2) is 13.1 Å². The van der Waals surface area contributed by atoms with Crippen molar-refractivity contribution in [1.29, 1.82) is 0 Å². The van der Waals surface area contributed by atoms with Crippen LogP contribution < -0.4 is 10.0 Å². The molecule has 0 amide bonds. The lowest BCUT2D eigenvalue weighted by atomic mass is 10.0. The molecule has 2 aromatic carbocycles. The first-order valence-corrected chi connectivity index (χ1v) is 10.2. The van der Waals surface area contributed by atoms with Crippen LogP contribution in [0, 0.1) is 0 Å². The average Bonchev–Trinajstić information content (AvgIpc) is 2.69. The highest BCUT2D eigenvalue weighted by atomic mass is 32.2.